The van der Waals surface area contributed by atoms with Crippen molar-refractivity contribution in [2.24, 2.45) is 11.8 Å². The van der Waals surface area contributed by atoms with Crippen LogP contribution in [-0.4, -0.2) is 11.1 Å². The molecule has 3 aliphatic rings. The smallest absolute Gasteiger partial charge is 0.328 e. The molecule has 0 aliphatic heterocycles. The molecule has 2 bridgehead atoms. The Balaban J connectivity index is 2.14. The zero-order chi connectivity index (χ0) is 7.30. The van der Waals surface area contributed by atoms with Crippen LogP contribution in [0.15, 0.2) is 23.8 Å². The van der Waals surface area contributed by atoms with E-state index in [0.717, 1.165) is 12.0 Å². The lowest BCUT2D eigenvalue weighted by Crippen LogP contribution is -2.45. The Morgan fingerprint density at radius 3 is 2.60 bits per heavy atom. The van der Waals surface area contributed by atoms with Crippen LogP contribution in [0.1, 0.15) is 6.42 Å². The highest BCUT2D eigenvalue weighted by atomic mass is 16.4. The van der Waals surface area contributed by atoms with Crippen LogP contribution in [-0.2, 0) is 4.79 Å². The summed E-state index contributed by atoms with van der Waals surface area (Å²) in [6.45, 7) is 3.81. The fourth-order valence-corrected chi connectivity index (χ4v) is 1.65. The molecule has 3 rings (SSSR count). The van der Waals surface area contributed by atoms with E-state index in [1.807, 2.05) is 0 Å². The van der Waals surface area contributed by atoms with Crippen LogP contribution in [0.5, 0.6) is 0 Å². The first-order valence-corrected chi connectivity index (χ1v) is 3.33. The predicted molar refractivity (Wildman–Crippen MR) is 36.5 cm³/mol. The number of hydrogen-bond acceptors (Lipinski definition) is 1. The summed E-state index contributed by atoms with van der Waals surface area (Å²) < 4.78 is 0. The zero-order valence-corrected chi connectivity index (χ0v) is 5.50. The van der Waals surface area contributed by atoms with Gasteiger partial charge in [-0.3, -0.25) is 0 Å². The molecule has 0 aromatic heterocycles. The normalized spacial score (nSPS) is 34.4. The molecule has 3 saturated carbocycles. The lowest BCUT2D eigenvalue weighted by molar-refractivity contribution is -0.131. The third-order valence-corrected chi connectivity index (χ3v) is 2.46. The summed E-state index contributed by atoms with van der Waals surface area (Å²) in [5, 5.41) is 8.37. The van der Waals surface area contributed by atoms with Gasteiger partial charge in [0.15, 0.2) is 0 Å². The average molecular weight is 136 g/mol. The molecule has 3 aliphatic carbocycles. The largest absolute Gasteiger partial charge is 0.478 e. The van der Waals surface area contributed by atoms with Gasteiger partial charge in [-0.05, 0) is 12.0 Å². The van der Waals surface area contributed by atoms with Crippen molar-refractivity contribution in [1.29, 1.82) is 0 Å². The molecule has 0 spiro atoms. The van der Waals surface area contributed by atoms with Gasteiger partial charge in [-0.2, -0.15) is 0 Å². The minimum atomic E-state index is -0.822. The molecule has 0 saturated heterocycles. The third kappa shape index (κ3) is 0.467. The van der Waals surface area contributed by atoms with E-state index >= 15 is 0 Å². The van der Waals surface area contributed by atoms with Crippen LogP contribution in [0, 0.1) is 11.8 Å². The Bertz CT molecular complexity index is 236. The molecule has 52 valence electrons. The van der Waals surface area contributed by atoms with Gasteiger partial charge in [-0.25, -0.2) is 4.79 Å². The van der Waals surface area contributed by atoms with Gasteiger partial charge in [0.1, 0.15) is 0 Å². The Morgan fingerprint density at radius 2 is 2.30 bits per heavy atom. The van der Waals surface area contributed by atoms with Crippen molar-refractivity contribution in [2.45, 2.75) is 6.42 Å². The van der Waals surface area contributed by atoms with Gasteiger partial charge in [0.2, 0.25) is 0 Å². The van der Waals surface area contributed by atoms with Gasteiger partial charge in [0.25, 0.3) is 0 Å². The summed E-state index contributed by atoms with van der Waals surface area (Å²) in [6, 6.07) is 0. The second kappa shape index (κ2) is 1.51. The summed E-state index contributed by atoms with van der Waals surface area (Å²) >= 11 is 0. The summed E-state index contributed by atoms with van der Waals surface area (Å²) in [5.74, 6) is 0.0411. The number of hydrogen-bond donors (Lipinski definition) is 1. The van der Waals surface area contributed by atoms with Crippen molar-refractivity contribution in [1.82, 2.24) is 0 Å². The van der Waals surface area contributed by atoms with Gasteiger partial charge < -0.3 is 5.11 Å². The summed E-state index contributed by atoms with van der Waals surface area (Å²) in [6.07, 6.45) is 2.46. The highest BCUT2D eigenvalue weighted by Crippen LogP contribution is 2.61. The van der Waals surface area contributed by atoms with Crippen LogP contribution in [0.25, 0.3) is 0 Å². The van der Waals surface area contributed by atoms with Crippen molar-refractivity contribution >= 4 is 5.97 Å². The maximum Gasteiger partial charge on any atom is 0.328 e. The number of rotatable bonds is 1. The van der Waals surface area contributed by atoms with Crippen LogP contribution in [0.4, 0.5) is 0 Å². The van der Waals surface area contributed by atoms with E-state index in [1.165, 1.54) is 11.6 Å². The first kappa shape index (κ1) is 5.71. The maximum atomic E-state index is 10.2. The van der Waals surface area contributed by atoms with Crippen molar-refractivity contribution in [3.8, 4) is 0 Å². The lowest BCUT2D eigenvalue weighted by atomic mass is 9.49. The highest BCUT2D eigenvalue weighted by molar-refractivity contribution is 5.82. The summed E-state index contributed by atoms with van der Waals surface area (Å²) in [5.41, 5.74) is 2.31. The molecule has 0 aromatic rings. The summed E-state index contributed by atoms with van der Waals surface area (Å²) in [4.78, 5) is 10.2. The summed E-state index contributed by atoms with van der Waals surface area (Å²) in [7, 11) is 0. The van der Waals surface area contributed by atoms with Crippen molar-refractivity contribution in [3.63, 3.8) is 0 Å². The van der Waals surface area contributed by atoms with Crippen LogP contribution in [0.2, 0.25) is 0 Å². The minimum absolute atomic E-state index is 0.432. The van der Waals surface area contributed by atoms with E-state index in [2.05, 4.69) is 6.58 Å². The van der Waals surface area contributed by atoms with Gasteiger partial charge in [-0.15, -0.1) is 0 Å². The third-order valence-electron chi connectivity index (χ3n) is 2.46. The van der Waals surface area contributed by atoms with E-state index in [0.29, 0.717) is 11.8 Å². The van der Waals surface area contributed by atoms with Crippen LogP contribution >= 0.6 is 0 Å². The second-order valence-electron chi connectivity index (χ2n) is 2.90. The number of carboxylic acids is 1. The molecule has 2 unspecified atom stereocenters. The number of carboxylic acid groups (broad SMARTS) is 1. The first-order chi connectivity index (χ1) is 4.70. The zero-order valence-electron chi connectivity index (χ0n) is 5.50. The van der Waals surface area contributed by atoms with E-state index in [9.17, 15) is 4.79 Å². The number of carbonyl (C=O) groups is 1. The Kier molecular flexibility index (Phi) is 0.862. The predicted octanol–water partition coefficient (Wildman–Crippen LogP) is 1.20. The van der Waals surface area contributed by atoms with E-state index in [-0.39, 0.29) is 0 Å². The molecule has 0 radical (unpaired) electrons. The molecule has 0 amide bonds. The minimum Gasteiger partial charge on any atom is -0.478 e. The molecule has 2 nitrogen and oxygen atoms in total. The Hall–Kier alpha value is -1.05. The molecule has 2 atom stereocenters. The standard InChI is InChI=1S/C8H8O2/c1-4-5-2-6(4)7(5)3-8(9)10/h3,5-6H,1-2H2,(H,9,10). The number of allylic oxidation sites excluding steroid dienone is 2. The monoisotopic (exact) mass is 136 g/mol. The van der Waals surface area contributed by atoms with Crippen molar-refractivity contribution < 1.29 is 9.90 Å². The van der Waals surface area contributed by atoms with Gasteiger partial charge in [0.05, 0.1) is 0 Å². The second-order valence-corrected chi connectivity index (χ2v) is 2.90. The van der Waals surface area contributed by atoms with E-state index < -0.39 is 5.97 Å². The lowest BCUT2D eigenvalue weighted by Gasteiger charge is -2.55. The Morgan fingerprint density at radius 1 is 1.70 bits per heavy atom. The average Bonchev–Trinajstić information content (AvgIpc) is 1.78. The molecule has 2 heteroatoms. The maximum absolute atomic E-state index is 10.2. The topological polar surface area (TPSA) is 37.3 Å². The van der Waals surface area contributed by atoms with E-state index in [1.54, 1.807) is 0 Å². The van der Waals surface area contributed by atoms with Gasteiger partial charge in [0, 0.05) is 17.9 Å². The van der Waals surface area contributed by atoms with Crippen molar-refractivity contribution in [3.05, 3.63) is 23.8 Å². The fourth-order valence-electron chi connectivity index (χ4n) is 1.65. The van der Waals surface area contributed by atoms with Crippen LogP contribution < -0.4 is 0 Å². The molecule has 0 aromatic carbocycles. The molecule has 1 N–H and O–H groups in total. The molecule has 3 fully saturated rings. The quantitative estimate of drug-likeness (QED) is 0.434. The van der Waals surface area contributed by atoms with Crippen molar-refractivity contribution in [2.75, 3.05) is 0 Å². The molecular formula is C8H8O2. The van der Waals surface area contributed by atoms with Crippen LogP contribution in [0.3, 0.4) is 0 Å². The van der Waals surface area contributed by atoms with Gasteiger partial charge >= 0.3 is 5.97 Å². The first-order valence-electron chi connectivity index (χ1n) is 3.33. The van der Waals surface area contributed by atoms with Gasteiger partial charge in [-0.1, -0.05) is 12.2 Å². The van der Waals surface area contributed by atoms with E-state index in [4.69, 9.17) is 5.11 Å². The highest BCUT2D eigenvalue weighted by Gasteiger charge is 2.51. The fraction of sp³-hybridized carbons (Fsp3) is 0.375. The molecule has 10 heavy (non-hydrogen) atoms. The number of aliphatic carboxylic acids is 1. The Labute approximate surface area is 58.9 Å². The SMILES string of the molecule is C=C1C2CC1C2=CC(=O)O. The molecular weight excluding hydrogens is 128 g/mol. The molecule has 0 heterocycles.